The molecule has 1 aromatic rings. The summed E-state index contributed by atoms with van der Waals surface area (Å²) >= 11 is 0. The second kappa shape index (κ2) is 7.34. The van der Waals surface area contributed by atoms with Crippen LogP contribution in [0.1, 0.15) is 40.5 Å². The lowest BCUT2D eigenvalue weighted by Crippen LogP contribution is -2.43. The molecule has 0 bridgehead atoms. The Morgan fingerprint density at radius 1 is 1.38 bits per heavy atom. The Morgan fingerprint density at radius 3 is 2.67 bits per heavy atom. The summed E-state index contributed by atoms with van der Waals surface area (Å²) in [5, 5.41) is 2.94. The summed E-state index contributed by atoms with van der Waals surface area (Å²) in [6.45, 7) is 9.73. The molecule has 132 valence electrons. The fourth-order valence-corrected chi connectivity index (χ4v) is 2.90. The molecular weight excluding hydrogens is 302 g/mol. The van der Waals surface area contributed by atoms with Gasteiger partial charge >= 0.3 is 0 Å². The smallest absolute Gasteiger partial charge is 0.238 e. The van der Waals surface area contributed by atoms with E-state index in [1.165, 1.54) is 0 Å². The van der Waals surface area contributed by atoms with Crippen molar-refractivity contribution in [1.82, 2.24) is 4.90 Å². The Kier molecular flexibility index (Phi) is 5.65. The normalized spacial score (nSPS) is 16.6. The van der Waals surface area contributed by atoms with E-state index in [1.807, 2.05) is 31.3 Å². The standard InChI is InChI=1S/C19H29N3O2/c1-14(19(2,3)4)21(5)13-17(23)20-15-8-6-9-16(12-15)22-11-7-10-18(22)24/h6,8-9,12,14H,7,10-11,13H2,1-5H3,(H,20,23). The van der Waals surface area contributed by atoms with Crippen LogP contribution >= 0.6 is 0 Å². The third kappa shape index (κ3) is 4.57. The first-order chi connectivity index (χ1) is 11.2. The molecule has 0 aliphatic carbocycles. The number of nitrogens with zero attached hydrogens (tertiary/aromatic N) is 2. The summed E-state index contributed by atoms with van der Waals surface area (Å²) in [7, 11) is 1.97. The lowest BCUT2D eigenvalue weighted by Gasteiger charge is -2.34. The summed E-state index contributed by atoms with van der Waals surface area (Å²) < 4.78 is 0. The van der Waals surface area contributed by atoms with Crippen molar-refractivity contribution in [2.24, 2.45) is 5.41 Å². The van der Waals surface area contributed by atoms with Crippen molar-refractivity contribution >= 4 is 23.2 Å². The number of benzene rings is 1. The molecule has 1 N–H and O–H groups in total. The van der Waals surface area contributed by atoms with Crippen LogP contribution in [0.5, 0.6) is 0 Å². The minimum atomic E-state index is -0.0431. The van der Waals surface area contributed by atoms with Crippen molar-refractivity contribution in [3.63, 3.8) is 0 Å². The number of rotatable bonds is 5. The van der Waals surface area contributed by atoms with Gasteiger partial charge in [0.2, 0.25) is 11.8 Å². The second-order valence-electron chi connectivity index (χ2n) is 7.70. The van der Waals surface area contributed by atoms with Crippen LogP contribution in [0, 0.1) is 5.41 Å². The van der Waals surface area contributed by atoms with Gasteiger partial charge in [-0.15, -0.1) is 0 Å². The Hall–Kier alpha value is -1.88. The van der Waals surface area contributed by atoms with Crippen molar-refractivity contribution in [2.75, 3.05) is 30.4 Å². The van der Waals surface area contributed by atoms with Gasteiger partial charge in [0.1, 0.15) is 0 Å². The predicted octanol–water partition coefficient (Wildman–Crippen LogP) is 3.12. The quantitative estimate of drug-likeness (QED) is 0.902. The van der Waals surface area contributed by atoms with Crippen molar-refractivity contribution in [1.29, 1.82) is 0 Å². The average molecular weight is 331 g/mol. The first-order valence-electron chi connectivity index (χ1n) is 8.59. The van der Waals surface area contributed by atoms with Gasteiger partial charge < -0.3 is 10.2 Å². The van der Waals surface area contributed by atoms with Gasteiger partial charge in [-0.25, -0.2) is 0 Å². The van der Waals surface area contributed by atoms with Crippen LogP contribution in [0.3, 0.4) is 0 Å². The maximum atomic E-state index is 12.3. The van der Waals surface area contributed by atoms with E-state index in [2.05, 4.69) is 37.9 Å². The molecule has 1 aliphatic heterocycles. The third-order valence-corrected chi connectivity index (χ3v) is 4.82. The predicted molar refractivity (Wildman–Crippen MR) is 98.2 cm³/mol. The average Bonchev–Trinajstić information content (AvgIpc) is 2.91. The van der Waals surface area contributed by atoms with Crippen LogP contribution in [-0.4, -0.2) is 42.9 Å². The molecule has 1 saturated heterocycles. The molecule has 1 fully saturated rings. The number of carbonyl (C=O) groups excluding carboxylic acids is 2. The summed E-state index contributed by atoms with van der Waals surface area (Å²) in [6.07, 6.45) is 1.50. The highest BCUT2D eigenvalue weighted by atomic mass is 16.2. The minimum Gasteiger partial charge on any atom is -0.325 e. The Bertz CT molecular complexity index is 607. The summed E-state index contributed by atoms with van der Waals surface area (Å²) in [5.41, 5.74) is 1.70. The highest BCUT2D eigenvalue weighted by Crippen LogP contribution is 2.25. The Morgan fingerprint density at radius 2 is 2.08 bits per heavy atom. The van der Waals surface area contributed by atoms with Crippen LogP contribution in [0.15, 0.2) is 24.3 Å². The van der Waals surface area contributed by atoms with E-state index in [1.54, 1.807) is 4.90 Å². The Labute approximate surface area is 145 Å². The van der Waals surface area contributed by atoms with Gasteiger partial charge in [-0.3, -0.25) is 14.5 Å². The van der Waals surface area contributed by atoms with Gasteiger partial charge in [-0.1, -0.05) is 26.8 Å². The maximum Gasteiger partial charge on any atom is 0.238 e. The van der Waals surface area contributed by atoms with Gasteiger partial charge in [0.05, 0.1) is 6.54 Å². The van der Waals surface area contributed by atoms with Crippen molar-refractivity contribution < 1.29 is 9.59 Å². The Balaban J connectivity index is 1.98. The van der Waals surface area contributed by atoms with Crippen LogP contribution in [0.25, 0.3) is 0 Å². The minimum absolute atomic E-state index is 0.0431. The van der Waals surface area contributed by atoms with E-state index < -0.39 is 0 Å². The first kappa shape index (κ1) is 18.5. The molecule has 0 radical (unpaired) electrons. The van der Waals surface area contributed by atoms with Gasteiger partial charge in [0.25, 0.3) is 0 Å². The number of amides is 2. The van der Waals surface area contributed by atoms with Gasteiger partial charge in [-0.2, -0.15) is 0 Å². The molecule has 0 saturated carbocycles. The molecule has 1 atom stereocenters. The van der Waals surface area contributed by atoms with Crippen molar-refractivity contribution in [3.8, 4) is 0 Å². The molecular formula is C19H29N3O2. The number of carbonyl (C=O) groups is 2. The lowest BCUT2D eigenvalue weighted by atomic mass is 9.87. The van der Waals surface area contributed by atoms with Gasteiger partial charge in [0, 0.05) is 30.4 Å². The molecule has 1 aromatic carbocycles. The summed E-state index contributed by atoms with van der Waals surface area (Å²) in [5.74, 6) is 0.107. The van der Waals surface area contributed by atoms with E-state index in [9.17, 15) is 9.59 Å². The molecule has 2 rings (SSSR count). The monoisotopic (exact) mass is 331 g/mol. The zero-order chi connectivity index (χ0) is 17.9. The van der Waals surface area contributed by atoms with Gasteiger partial charge in [-0.05, 0) is 44.0 Å². The molecule has 5 heteroatoms. The summed E-state index contributed by atoms with van der Waals surface area (Å²) in [4.78, 5) is 28.0. The number of nitrogens with one attached hydrogen (secondary N) is 1. The molecule has 24 heavy (non-hydrogen) atoms. The molecule has 0 aromatic heterocycles. The largest absolute Gasteiger partial charge is 0.325 e. The van der Waals surface area contributed by atoms with E-state index in [4.69, 9.17) is 0 Å². The number of anilines is 2. The van der Waals surface area contributed by atoms with E-state index in [0.29, 0.717) is 13.0 Å². The van der Waals surface area contributed by atoms with Crippen LogP contribution < -0.4 is 10.2 Å². The topological polar surface area (TPSA) is 52.7 Å². The fraction of sp³-hybridized carbons (Fsp3) is 0.579. The van der Waals surface area contributed by atoms with Crippen molar-refractivity contribution in [3.05, 3.63) is 24.3 Å². The molecule has 1 aliphatic rings. The molecule has 2 amide bonds. The van der Waals surface area contributed by atoms with E-state index in [-0.39, 0.29) is 23.3 Å². The first-order valence-corrected chi connectivity index (χ1v) is 8.59. The van der Waals surface area contributed by atoms with Crippen LogP contribution in [-0.2, 0) is 9.59 Å². The fourth-order valence-electron chi connectivity index (χ4n) is 2.90. The zero-order valence-corrected chi connectivity index (χ0v) is 15.4. The molecule has 0 spiro atoms. The van der Waals surface area contributed by atoms with E-state index in [0.717, 1.165) is 24.3 Å². The zero-order valence-electron chi connectivity index (χ0n) is 15.4. The lowest BCUT2D eigenvalue weighted by molar-refractivity contribution is -0.118. The van der Waals surface area contributed by atoms with E-state index >= 15 is 0 Å². The maximum absolute atomic E-state index is 12.3. The summed E-state index contributed by atoms with van der Waals surface area (Å²) in [6, 6.07) is 7.80. The number of likely N-dealkylation sites (N-methyl/N-ethyl adjacent to an activating group) is 1. The SMILES string of the molecule is CC(N(C)CC(=O)Nc1cccc(N2CCCC2=O)c1)C(C)(C)C. The molecule has 1 unspecified atom stereocenters. The van der Waals surface area contributed by atoms with Crippen LogP contribution in [0.2, 0.25) is 0 Å². The second-order valence-corrected chi connectivity index (χ2v) is 7.70. The van der Waals surface area contributed by atoms with Gasteiger partial charge in [0.15, 0.2) is 0 Å². The highest BCUT2D eigenvalue weighted by Gasteiger charge is 2.25. The highest BCUT2D eigenvalue weighted by molar-refractivity contribution is 5.97. The third-order valence-electron chi connectivity index (χ3n) is 4.82. The number of hydrogen-bond acceptors (Lipinski definition) is 3. The molecule has 1 heterocycles. The number of hydrogen-bond donors (Lipinski definition) is 1. The molecule has 5 nitrogen and oxygen atoms in total. The van der Waals surface area contributed by atoms with Crippen molar-refractivity contribution in [2.45, 2.75) is 46.6 Å². The van der Waals surface area contributed by atoms with Crippen LogP contribution in [0.4, 0.5) is 11.4 Å².